The molecule has 0 aromatic carbocycles. The van der Waals surface area contributed by atoms with Crippen molar-refractivity contribution in [3.05, 3.63) is 22.2 Å². The number of carbonyl (C=O) groups is 1. The second kappa shape index (κ2) is 4.33. The van der Waals surface area contributed by atoms with Crippen molar-refractivity contribution in [2.75, 3.05) is 0 Å². The van der Waals surface area contributed by atoms with Crippen molar-refractivity contribution in [3.8, 4) is 0 Å². The molecule has 1 aromatic rings. The summed E-state index contributed by atoms with van der Waals surface area (Å²) in [5.41, 5.74) is -0.480. The third-order valence-corrected chi connectivity index (χ3v) is 2.69. The van der Waals surface area contributed by atoms with E-state index in [1.54, 1.807) is 13.8 Å². The summed E-state index contributed by atoms with van der Waals surface area (Å²) in [7, 11) is 0. The van der Waals surface area contributed by atoms with Crippen LogP contribution in [0.2, 0.25) is 10.3 Å². The van der Waals surface area contributed by atoms with Crippen molar-refractivity contribution < 1.29 is 9.90 Å². The lowest BCUT2D eigenvalue weighted by atomic mass is 9.87. The average Bonchev–Trinajstić information content (AvgIpc) is 2.11. The van der Waals surface area contributed by atoms with Gasteiger partial charge in [-0.05, 0) is 20.3 Å². The van der Waals surface area contributed by atoms with Gasteiger partial charge in [0.25, 0.3) is 0 Å². The Kier molecular flexibility index (Phi) is 3.52. The predicted octanol–water partition coefficient (Wildman–Crippen LogP) is 2.44. The molecule has 0 aliphatic heterocycles. The lowest BCUT2D eigenvalue weighted by Gasteiger charge is -2.19. The molecule has 1 rings (SSSR count). The van der Waals surface area contributed by atoms with Crippen LogP contribution in [-0.4, -0.2) is 21.0 Å². The highest BCUT2D eigenvalue weighted by Crippen LogP contribution is 2.29. The summed E-state index contributed by atoms with van der Waals surface area (Å²) in [5.74, 6) is -0.918. The first-order valence-corrected chi connectivity index (χ1v) is 4.98. The fourth-order valence-corrected chi connectivity index (χ4v) is 1.48. The summed E-state index contributed by atoms with van der Waals surface area (Å²) in [6.45, 7) is 3.18. The van der Waals surface area contributed by atoms with Gasteiger partial charge in [-0.2, -0.15) is 0 Å². The Labute approximate surface area is 97.3 Å². The van der Waals surface area contributed by atoms with Gasteiger partial charge in [0.15, 0.2) is 0 Å². The lowest BCUT2D eigenvalue weighted by Crippen LogP contribution is -2.26. The van der Waals surface area contributed by atoms with Crippen LogP contribution in [0.25, 0.3) is 0 Å². The van der Waals surface area contributed by atoms with Crippen LogP contribution >= 0.6 is 23.2 Å². The second-order valence-electron chi connectivity index (χ2n) is 3.80. The zero-order chi connectivity index (χ0) is 11.6. The standard InChI is InChI=1S/C9H10Cl2N2O2/c1-9(2,8(14)15)3-5-6(10)12-4-13-7(5)11/h4H,3H2,1-2H3,(H,14,15). The van der Waals surface area contributed by atoms with E-state index in [1.807, 2.05) is 0 Å². The topological polar surface area (TPSA) is 63.1 Å². The summed E-state index contributed by atoms with van der Waals surface area (Å²) in [4.78, 5) is 18.4. The highest BCUT2D eigenvalue weighted by Gasteiger charge is 2.29. The van der Waals surface area contributed by atoms with Crippen LogP contribution in [0.4, 0.5) is 0 Å². The largest absolute Gasteiger partial charge is 0.481 e. The highest BCUT2D eigenvalue weighted by molar-refractivity contribution is 6.34. The normalized spacial score (nSPS) is 11.5. The van der Waals surface area contributed by atoms with Crippen LogP contribution in [0, 0.1) is 5.41 Å². The van der Waals surface area contributed by atoms with Gasteiger partial charge in [0.2, 0.25) is 0 Å². The molecule has 0 aliphatic carbocycles. The molecular formula is C9H10Cl2N2O2. The second-order valence-corrected chi connectivity index (χ2v) is 4.52. The number of aliphatic carboxylic acids is 1. The summed E-state index contributed by atoms with van der Waals surface area (Å²) in [5, 5.41) is 9.35. The highest BCUT2D eigenvalue weighted by atomic mass is 35.5. The van der Waals surface area contributed by atoms with Gasteiger partial charge < -0.3 is 5.11 Å². The maximum atomic E-state index is 10.9. The van der Waals surface area contributed by atoms with Crippen LogP contribution in [0.1, 0.15) is 19.4 Å². The first-order valence-electron chi connectivity index (χ1n) is 4.23. The van der Waals surface area contributed by atoms with Crippen molar-refractivity contribution in [2.45, 2.75) is 20.3 Å². The number of carboxylic acid groups (broad SMARTS) is 1. The van der Waals surface area contributed by atoms with E-state index in [9.17, 15) is 4.79 Å². The number of hydrogen-bond donors (Lipinski definition) is 1. The third kappa shape index (κ3) is 2.79. The van der Waals surface area contributed by atoms with Gasteiger partial charge in [-0.3, -0.25) is 4.79 Å². The van der Waals surface area contributed by atoms with Crippen LogP contribution in [0.3, 0.4) is 0 Å². The molecule has 0 unspecified atom stereocenters. The molecule has 0 bridgehead atoms. The van der Waals surface area contributed by atoms with Crippen LogP contribution in [0.5, 0.6) is 0 Å². The van der Waals surface area contributed by atoms with E-state index in [-0.39, 0.29) is 16.7 Å². The Bertz CT molecular complexity index is 373. The van der Waals surface area contributed by atoms with E-state index in [4.69, 9.17) is 28.3 Å². The molecule has 15 heavy (non-hydrogen) atoms. The van der Waals surface area contributed by atoms with Crippen molar-refractivity contribution in [2.24, 2.45) is 5.41 Å². The molecule has 0 atom stereocenters. The number of aromatic nitrogens is 2. The molecule has 1 heterocycles. The molecule has 0 spiro atoms. The monoisotopic (exact) mass is 248 g/mol. The first-order chi connectivity index (χ1) is 6.84. The molecule has 0 saturated carbocycles. The van der Waals surface area contributed by atoms with E-state index in [0.29, 0.717) is 5.56 Å². The van der Waals surface area contributed by atoms with Gasteiger partial charge in [-0.1, -0.05) is 23.2 Å². The molecule has 0 amide bonds. The minimum Gasteiger partial charge on any atom is -0.481 e. The maximum absolute atomic E-state index is 10.9. The minimum atomic E-state index is -0.946. The SMILES string of the molecule is CC(C)(Cc1c(Cl)ncnc1Cl)C(=O)O. The van der Waals surface area contributed by atoms with Crippen molar-refractivity contribution in [1.82, 2.24) is 9.97 Å². The Morgan fingerprint density at radius 1 is 1.40 bits per heavy atom. The summed E-state index contributed by atoms with van der Waals surface area (Å²) in [6.07, 6.45) is 1.43. The van der Waals surface area contributed by atoms with Gasteiger partial charge in [0, 0.05) is 5.56 Å². The first kappa shape index (κ1) is 12.2. The zero-order valence-corrected chi connectivity index (χ0v) is 9.80. The maximum Gasteiger partial charge on any atom is 0.309 e. The third-order valence-electron chi connectivity index (χ3n) is 2.04. The Morgan fingerprint density at radius 2 is 1.87 bits per heavy atom. The number of halogens is 2. The zero-order valence-electron chi connectivity index (χ0n) is 8.29. The van der Waals surface area contributed by atoms with E-state index in [0.717, 1.165) is 0 Å². The average molecular weight is 249 g/mol. The number of hydrogen-bond acceptors (Lipinski definition) is 3. The van der Waals surface area contributed by atoms with Gasteiger partial charge in [0.1, 0.15) is 16.6 Å². The number of carboxylic acids is 1. The molecule has 0 saturated heterocycles. The summed E-state index contributed by atoms with van der Waals surface area (Å²) < 4.78 is 0. The lowest BCUT2D eigenvalue weighted by molar-refractivity contribution is -0.146. The smallest absolute Gasteiger partial charge is 0.309 e. The van der Waals surface area contributed by atoms with Crippen molar-refractivity contribution in [1.29, 1.82) is 0 Å². The number of rotatable bonds is 3. The van der Waals surface area contributed by atoms with E-state index in [2.05, 4.69) is 9.97 Å². The molecule has 0 fully saturated rings. The molecular weight excluding hydrogens is 239 g/mol. The molecule has 82 valence electrons. The van der Waals surface area contributed by atoms with E-state index >= 15 is 0 Å². The molecule has 0 radical (unpaired) electrons. The molecule has 1 aromatic heterocycles. The quantitative estimate of drug-likeness (QED) is 0.835. The van der Waals surface area contributed by atoms with Crippen molar-refractivity contribution >= 4 is 29.2 Å². The Hall–Kier alpha value is -0.870. The van der Waals surface area contributed by atoms with Gasteiger partial charge in [-0.25, -0.2) is 9.97 Å². The van der Waals surface area contributed by atoms with Crippen molar-refractivity contribution in [3.63, 3.8) is 0 Å². The Morgan fingerprint density at radius 3 is 2.27 bits per heavy atom. The minimum absolute atomic E-state index is 0.195. The molecule has 4 nitrogen and oxygen atoms in total. The molecule has 0 aliphatic rings. The van der Waals surface area contributed by atoms with E-state index in [1.165, 1.54) is 6.33 Å². The number of nitrogens with zero attached hydrogens (tertiary/aromatic N) is 2. The van der Waals surface area contributed by atoms with E-state index < -0.39 is 11.4 Å². The summed E-state index contributed by atoms with van der Waals surface area (Å²) >= 11 is 11.6. The van der Waals surface area contributed by atoms with Gasteiger partial charge in [0.05, 0.1) is 5.41 Å². The van der Waals surface area contributed by atoms with Crippen LogP contribution in [0.15, 0.2) is 6.33 Å². The fraction of sp³-hybridized carbons (Fsp3) is 0.444. The van der Waals surface area contributed by atoms with Crippen LogP contribution < -0.4 is 0 Å². The predicted molar refractivity (Wildman–Crippen MR) is 57.2 cm³/mol. The molecule has 6 heteroatoms. The fourth-order valence-electron chi connectivity index (χ4n) is 1.03. The molecule has 1 N–H and O–H groups in total. The van der Waals surface area contributed by atoms with Gasteiger partial charge in [-0.15, -0.1) is 0 Å². The van der Waals surface area contributed by atoms with Crippen LogP contribution in [-0.2, 0) is 11.2 Å². The van der Waals surface area contributed by atoms with Gasteiger partial charge >= 0.3 is 5.97 Å². The Balaban J connectivity index is 3.04. The summed E-state index contributed by atoms with van der Waals surface area (Å²) in [6, 6.07) is 0.